The molecule has 0 saturated heterocycles. The van der Waals surface area contributed by atoms with E-state index in [-0.39, 0.29) is 12.4 Å². The van der Waals surface area contributed by atoms with Crippen molar-refractivity contribution >= 4 is 12.4 Å². The van der Waals surface area contributed by atoms with E-state index in [0.717, 1.165) is 0 Å². The molecule has 13 heavy (non-hydrogen) atoms. The number of rotatable bonds is 2. The number of hydrogen-bond acceptors (Lipinski definition) is 3. The predicted octanol–water partition coefficient (Wildman–Crippen LogP) is 2.13. The molecule has 3 nitrogen and oxygen atoms in total. The van der Waals surface area contributed by atoms with Crippen molar-refractivity contribution in [3.05, 3.63) is 12.3 Å². The van der Waals surface area contributed by atoms with Gasteiger partial charge < -0.3 is 5.73 Å². The summed E-state index contributed by atoms with van der Waals surface area (Å²) in [5.74, 6) is 0. The van der Waals surface area contributed by atoms with E-state index in [9.17, 15) is 8.78 Å². The second kappa shape index (κ2) is 3.67. The lowest BCUT2D eigenvalue weighted by molar-refractivity contribution is 0.0447. The zero-order valence-electron chi connectivity index (χ0n) is 7.37. The van der Waals surface area contributed by atoms with Gasteiger partial charge in [0.05, 0.1) is 0 Å². The Morgan fingerprint density at radius 3 is 2.15 bits per heavy atom. The Balaban J connectivity index is 0.00000144. The van der Waals surface area contributed by atoms with Crippen LogP contribution in [0.3, 0.4) is 0 Å². The average molecular weight is 212 g/mol. The topological polar surface area (TPSA) is 50.7 Å². The van der Waals surface area contributed by atoms with Crippen molar-refractivity contribution in [2.45, 2.75) is 31.4 Å². The molecule has 1 heterocycles. The van der Waals surface area contributed by atoms with Crippen LogP contribution in [0.2, 0.25) is 0 Å². The van der Waals surface area contributed by atoms with Crippen LogP contribution in [0.5, 0.6) is 0 Å². The summed E-state index contributed by atoms with van der Waals surface area (Å²) in [6, 6.07) is 0. The molecule has 0 fully saturated rings. The lowest BCUT2D eigenvalue weighted by Gasteiger charge is -2.34. The van der Waals surface area contributed by atoms with E-state index in [1.54, 1.807) is 0 Å². The van der Waals surface area contributed by atoms with Gasteiger partial charge in [-0.25, -0.2) is 8.78 Å². The van der Waals surface area contributed by atoms with E-state index >= 15 is 0 Å². The van der Waals surface area contributed by atoms with Crippen LogP contribution < -0.4 is 5.73 Å². The molecule has 0 aromatic carbocycles. The second-order valence-electron chi connectivity index (χ2n) is 3.38. The number of alkyl halides is 2. The van der Waals surface area contributed by atoms with Gasteiger partial charge in [0.2, 0.25) is 0 Å². The van der Waals surface area contributed by atoms with Crippen LogP contribution in [0.15, 0.2) is 22.5 Å². The minimum atomic E-state index is -2.62. The molecule has 0 bridgehead atoms. The van der Waals surface area contributed by atoms with E-state index in [1.165, 1.54) is 26.1 Å². The molecular weight excluding hydrogens is 200 g/mol. The highest BCUT2D eigenvalue weighted by atomic mass is 35.5. The van der Waals surface area contributed by atoms with Gasteiger partial charge in [0, 0.05) is 11.7 Å². The highest BCUT2D eigenvalue weighted by Gasteiger charge is 2.50. The summed E-state index contributed by atoms with van der Waals surface area (Å²) in [6.07, 6.45) is -0.127. The number of halogens is 3. The molecule has 0 aromatic rings. The van der Waals surface area contributed by atoms with Crippen LogP contribution in [0.1, 0.15) is 13.8 Å². The summed E-state index contributed by atoms with van der Waals surface area (Å²) in [6.45, 7) is 3.02. The summed E-state index contributed by atoms with van der Waals surface area (Å²) in [4.78, 5) is 0. The normalized spacial score (nSPS) is 26.6. The largest absolute Gasteiger partial charge is 0.323 e. The van der Waals surface area contributed by atoms with E-state index < -0.39 is 17.5 Å². The van der Waals surface area contributed by atoms with Gasteiger partial charge in [0.25, 0.3) is 6.43 Å². The quantitative estimate of drug-likeness (QED) is 0.748. The SMILES string of the molecule is CC(C)(N)C1(C(F)F)C=CN=N1.Cl. The first-order valence-corrected chi connectivity index (χ1v) is 3.57. The van der Waals surface area contributed by atoms with Crippen molar-refractivity contribution in [1.29, 1.82) is 0 Å². The third-order valence-electron chi connectivity index (χ3n) is 1.98. The fourth-order valence-electron chi connectivity index (χ4n) is 1.05. The summed E-state index contributed by atoms with van der Waals surface area (Å²) >= 11 is 0. The smallest absolute Gasteiger partial charge is 0.270 e. The molecule has 1 aliphatic rings. The maximum absolute atomic E-state index is 12.6. The molecule has 6 heteroatoms. The first-order valence-electron chi connectivity index (χ1n) is 3.57. The fourth-order valence-corrected chi connectivity index (χ4v) is 1.05. The lowest BCUT2D eigenvalue weighted by atomic mass is 9.81. The number of nitrogens with zero attached hydrogens (tertiary/aromatic N) is 2. The fraction of sp³-hybridized carbons (Fsp3) is 0.714. The van der Waals surface area contributed by atoms with Gasteiger partial charge in [-0.05, 0) is 19.9 Å². The molecule has 0 radical (unpaired) electrons. The summed E-state index contributed by atoms with van der Waals surface area (Å²) < 4.78 is 25.2. The van der Waals surface area contributed by atoms with Gasteiger partial charge in [0.15, 0.2) is 5.54 Å². The molecule has 2 N–H and O–H groups in total. The zero-order chi connectivity index (χ0) is 9.41. The molecule has 0 aliphatic carbocycles. The maximum atomic E-state index is 12.6. The molecule has 1 aliphatic heterocycles. The summed E-state index contributed by atoms with van der Waals surface area (Å²) in [5.41, 5.74) is 2.85. The second-order valence-corrected chi connectivity index (χ2v) is 3.38. The molecule has 0 saturated carbocycles. The Bertz CT molecular complexity index is 220. The molecule has 0 spiro atoms. The highest BCUT2D eigenvalue weighted by molar-refractivity contribution is 5.85. The van der Waals surface area contributed by atoms with Gasteiger partial charge in [-0.2, -0.15) is 10.2 Å². The van der Waals surface area contributed by atoms with Crippen LogP contribution in [0, 0.1) is 0 Å². The maximum Gasteiger partial charge on any atom is 0.270 e. The Kier molecular flexibility index (Phi) is 3.52. The summed E-state index contributed by atoms with van der Waals surface area (Å²) in [5, 5.41) is 6.89. The van der Waals surface area contributed by atoms with Crippen LogP contribution in [0.25, 0.3) is 0 Å². The number of azo groups is 1. The van der Waals surface area contributed by atoms with Crippen molar-refractivity contribution in [2.75, 3.05) is 0 Å². The Hall–Kier alpha value is -0.550. The minimum Gasteiger partial charge on any atom is -0.323 e. The zero-order valence-corrected chi connectivity index (χ0v) is 8.18. The predicted molar refractivity (Wildman–Crippen MR) is 48.2 cm³/mol. The van der Waals surface area contributed by atoms with Gasteiger partial charge >= 0.3 is 0 Å². The molecule has 1 rings (SSSR count). The molecule has 1 unspecified atom stereocenters. The monoisotopic (exact) mass is 211 g/mol. The molecule has 0 amide bonds. The van der Waals surface area contributed by atoms with Crippen LogP contribution in [0.4, 0.5) is 8.78 Å². The Labute approximate surface area is 81.5 Å². The van der Waals surface area contributed by atoms with Gasteiger partial charge in [-0.3, -0.25) is 0 Å². The minimum absolute atomic E-state index is 0. The van der Waals surface area contributed by atoms with Gasteiger partial charge in [0.1, 0.15) is 0 Å². The van der Waals surface area contributed by atoms with Crippen LogP contribution in [-0.2, 0) is 0 Å². The third-order valence-corrected chi connectivity index (χ3v) is 1.98. The number of hydrogen-bond donors (Lipinski definition) is 1. The van der Waals surface area contributed by atoms with Crippen LogP contribution in [-0.4, -0.2) is 17.5 Å². The van der Waals surface area contributed by atoms with Gasteiger partial charge in [-0.1, -0.05) is 0 Å². The average Bonchev–Trinajstić information content (AvgIpc) is 2.31. The summed E-state index contributed by atoms with van der Waals surface area (Å²) in [7, 11) is 0. The molecule has 0 aromatic heterocycles. The van der Waals surface area contributed by atoms with E-state index in [1.807, 2.05) is 0 Å². The third kappa shape index (κ3) is 1.86. The van der Waals surface area contributed by atoms with Crippen molar-refractivity contribution in [1.82, 2.24) is 0 Å². The van der Waals surface area contributed by atoms with Crippen LogP contribution >= 0.6 is 12.4 Å². The Morgan fingerprint density at radius 1 is 1.46 bits per heavy atom. The van der Waals surface area contributed by atoms with Crippen molar-refractivity contribution in [2.24, 2.45) is 16.0 Å². The van der Waals surface area contributed by atoms with Crippen molar-refractivity contribution in [3.8, 4) is 0 Å². The molecule has 1 atom stereocenters. The van der Waals surface area contributed by atoms with Crippen molar-refractivity contribution < 1.29 is 8.78 Å². The van der Waals surface area contributed by atoms with Gasteiger partial charge in [-0.15, -0.1) is 12.4 Å². The first-order chi connectivity index (χ1) is 5.40. The number of nitrogens with two attached hydrogens (primary N) is 1. The highest BCUT2D eigenvalue weighted by Crippen LogP contribution is 2.35. The molecule has 76 valence electrons. The standard InChI is InChI=1S/C7H11F2N3.ClH/c1-6(2,10)7(5(8)9)3-4-11-12-7;/h3-5H,10H2,1-2H3;1H. The van der Waals surface area contributed by atoms with E-state index in [2.05, 4.69) is 10.2 Å². The molecular formula is C7H12ClF2N3. The first kappa shape index (κ1) is 12.4. The Morgan fingerprint density at radius 2 is 2.00 bits per heavy atom. The van der Waals surface area contributed by atoms with Crippen molar-refractivity contribution in [3.63, 3.8) is 0 Å². The van der Waals surface area contributed by atoms with E-state index in [4.69, 9.17) is 5.73 Å². The lowest BCUT2D eigenvalue weighted by Crippen LogP contribution is -2.57. The van der Waals surface area contributed by atoms with E-state index in [0.29, 0.717) is 0 Å².